The standard InChI is InChI=1S/C14H32O4Si2/c1-8-16-14(15)11-9-10-13(18-20(5,6)7)12-17-19(2,3)4/h13H,8-12H2,1-7H3. The second-order valence-electron chi connectivity index (χ2n) is 6.97. The molecule has 0 aromatic carbocycles. The van der Waals surface area contributed by atoms with Crippen molar-refractivity contribution in [3.05, 3.63) is 0 Å². The summed E-state index contributed by atoms with van der Waals surface area (Å²) in [6.45, 7) is 16.0. The van der Waals surface area contributed by atoms with Gasteiger partial charge < -0.3 is 13.6 Å². The van der Waals surface area contributed by atoms with Gasteiger partial charge >= 0.3 is 5.97 Å². The normalized spacial score (nSPS) is 14.2. The molecule has 0 aliphatic rings. The summed E-state index contributed by atoms with van der Waals surface area (Å²) in [5.41, 5.74) is 0. The number of hydrogen-bond acceptors (Lipinski definition) is 4. The lowest BCUT2D eigenvalue weighted by molar-refractivity contribution is -0.143. The lowest BCUT2D eigenvalue weighted by Gasteiger charge is -2.29. The first kappa shape index (κ1) is 19.8. The average molecular weight is 321 g/mol. The van der Waals surface area contributed by atoms with Crippen molar-refractivity contribution >= 4 is 22.6 Å². The summed E-state index contributed by atoms with van der Waals surface area (Å²) in [5.74, 6) is -0.120. The molecule has 0 fully saturated rings. The minimum Gasteiger partial charge on any atom is -0.466 e. The van der Waals surface area contributed by atoms with Gasteiger partial charge in [-0.2, -0.15) is 0 Å². The number of carbonyl (C=O) groups excluding carboxylic acids is 1. The van der Waals surface area contributed by atoms with Crippen LogP contribution in [0.3, 0.4) is 0 Å². The molecule has 0 rings (SSSR count). The third-order valence-electron chi connectivity index (χ3n) is 2.43. The van der Waals surface area contributed by atoms with Gasteiger partial charge in [0.05, 0.1) is 19.3 Å². The van der Waals surface area contributed by atoms with Crippen molar-refractivity contribution in [2.45, 2.75) is 71.6 Å². The summed E-state index contributed by atoms with van der Waals surface area (Å²) < 4.78 is 17.1. The molecule has 0 radical (unpaired) electrons. The van der Waals surface area contributed by atoms with Gasteiger partial charge in [-0.15, -0.1) is 0 Å². The summed E-state index contributed by atoms with van der Waals surface area (Å²) in [6.07, 6.45) is 2.21. The molecule has 0 spiro atoms. The van der Waals surface area contributed by atoms with Crippen LogP contribution in [0.25, 0.3) is 0 Å². The highest BCUT2D eigenvalue weighted by molar-refractivity contribution is 6.70. The predicted molar refractivity (Wildman–Crippen MR) is 88.0 cm³/mol. The van der Waals surface area contributed by atoms with Gasteiger partial charge in [-0.05, 0) is 59.0 Å². The van der Waals surface area contributed by atoms with Crippen LogP contribution in [0.5, 0.6) is 0 Å². The minimum atomic E-state index is -1.59. The summed E-state index contributed by atoms with van der Waals surface area (Å²) in [4.78, 5) is 11.3. The van der Waals surface area contributed by atoms with E-state index in [0.29, 0.717) is 19.6 Å². The summed E-state index contributed by atoms with van der Waals surface area (Å²) >= 11 is 0. The monoisotopic (exact) mass is 320 g/mol. The van der Waals surface area contributed by atoms with Gasteiger partial charge in [-0.3, -0.25) is 4.79 Å². The maximum absolute atomic E-state index is 11.3. The molecule has 6 heteroatoms. The number of rotatable bonds is 10. The zero-order valence-electron chi connectivity index (χ0n) is 14.2. The molecule has 0 aliphatic carbocycles. The molecular weight excluding hydrogens is 288 g/mol. The topological polar surface area (TPSA) is 44.8 Å². The maximum Gasteiger partial charge on any atom is 0.305 e. The fraction of sp³-hybridized carbons (Fsp3) is 0.929. The minimum absolute atomic E-state index is 0.0998. The molecule has 0 aliphatic heterocycles. The second kappa shape index (κ2) is 8.97. The van der Waals surface area contributed by atoms with Gasteiger partial charge in [0.1, 0.15) is 0 Å². The zero-order valence-corrected chi connectivity index (χ0v) is 16.2. The maximum atomic E-state index is 11.3. The lowest BCUT2D eigenvalue weighted by Crippen LogP contribution is -2.38. The predicted octanol–water partition coefficient (Wildman–Crippen LogP) is 3.79. The molecule has 0 saturated heterocycles. The van der Waals surface area contributed by atoms with Crippen LogP contribution in [0, 0.1) is 0 Å². The SMILES string of the molecule is CCOC(=O)CCCC(CO[Si](C)(C)C)O[Si](C)(C)C. The Kier molecular flexibility index (Phi) is 8.89. The average Bonchev–Trinajstić information content (AvgIpc) is 2.23. The van der Waals surface area contributed by atoms with Crippen LogP contribution in [-0.2, 0) is 18.4 Å². The van der Waals surface area contributed by atoms with Gasteiger partial charge in [0, 0.05) is 6.42 Å². The van der Waals surface area contributed by atoms with Crippen molar-refractivity contribution in [2.75, 3.05) is 13.2 Å². The number of esters is 1. The van der Waals surface area contributed by atoms with Crippen LogP contribution in [-0.4, -0.2) is 41.9 Å². The third-order valence-corrected chi connectivity index (χ3v) is 4.51. The van der Waals surface area contributed by atoms with Crippen molar-refractivity contribution in [1.82, 2.24) is 0 Å². The van der Waals surface area contributed by atoms with Crippen molar-refractivity contribution in [3.8, 4) is 0 Å². The lowest BCUT2D eigenvalue weighted by atomic mass is 10.1. The Labute approximate surface area is 126 Å². The van der Waals surface area contributed by atoms with Crippen LogP contribution < -0.4 is 0 Å². The Bertz CT molecular complexity index is 282. The first-order chi connectivity index (χ1) is 9.03. The quantitative estimate of drug-likeness (QED) is 0.454. The van der Waals surface area contributed by atoms with Gasteiger partial charge in [-0.25, -0.2) is 0 Å². The molecule has 0 aromatic rings. The molecule has 0 amide bonds. The van der Waals surface area contributed by atoms with Gasteiger partial charge in [0.25, 0.3) is 0 Å². The molecule has 1 atom stereocenters. The molecule has 0 heterocycles. The smallest absolute Gasteiger partial charge is 0.305 e. The largest absolute Gasteiger partial charge is 0.466 e. The van der Waals surface area contributed by atoms with Crippen LogP contribution in [0.1, 0.15) is 26.2 Å². The highest BCUT2D eigenvalue weighted by Crippen LogP contribution is 2.15. The van der Waals surface area contributed by atoms with Crippen molar-refractivity contribution in [3.63, 3.8) is 0 Å². The molecule has 0 N–H and O–H groups in total. The van der Waals surface area contributed by atoms with E-state index in [1.807, 2.05) is 6.92 Å². The number of ether oxygens (including phenoxy) is 1. The number of carbonyl (C=O) groups is 1. The Morgan fingerprint density at radius 1 is 1.05 bits per heavy atom. The molecule has 0 bridgehead atoms. The molecular formula is C14H32O4Si2. The highest BCUT2D eigenvalue weighted by Gasteiger charge is 2.24. The van der Waals surface area contributed by atoms with Crippen LogP contribution in [0.15, 0.2) is 0 Å². The molecule has 120 valence electrons. The summed E-state index contributed by atoms with van der Waals surface area (Å²) in [7, 11) is -3.12. The van der Waals surface area contributed by atoms with E-state index in [1.165, 1.54) is 0 Å². The van der Waals surface area contributed by atoms with Gasteiger partial charge in [-0.1, -0.05) is 0 Å². The summed E-state index contributed by atoms with van der Waals surface area (Å²) in [5, 5.41) is 0. The van der Waals surface area contributed by atoms with Gasteiger partial charge in [0.15, 0.2) is 16.6 Å². The number of hydrogen-bond donors (Lipinski definition) is 0. The van der Waals surface area contributed by atoms with Crippen LogP contribution in [0.4, 0.5) is 0 Å². The van der Waals surface area contributed by atoms with Crippen LogP contribution >= 0.6 is 0 Å². The molecule has 0 saturated carbocycles. The Morgan fingerprint density at radius 3 is 2.10 bits per heavy atom. The Morgan fingerprint density at radius 2 is 1.65 bits per heavy atom. The fourth-order valence-corrected chi connectivity index (χ4v) is 3.60. The van der Waals surface area contributed by atoms with E-state index in [2.05, 4.69) is 39.3 Å². The van der Waals surface area contributed by atoms with Gasteiger partial charge in [0.2, 0.25) is 0 Å². The van der Waals surface area contributed by atoms with Crippen molar-refractivity contribution < 1.29 is 18.4 Å². The molecule has 1 unspecified atom stereocenters. The highest BCUT2D eigenvalue weighted by atomic mass is 28.4. The van der Waals surface area contributed by atoms with Crippen molar-refractivity contribution in [2.24, 2.45) is 0 Å². The van der Waals surface area contributed by atoms with Crippen LogP contribution in [0.2, 0.25) is 39.3 Å². The zero-order chi connectivity index (χ0) is 15.8. The van der Waals surface area contributed by atoms with E-state index in [9.17, 15) is 4.79 Å². The van der Waals surface area contributed by atoms with E-state index in [4.69, 9.17) is 13.6 Å². The van der Waals surface area contributed by atoms with E-state index >= 15 is 0 Å². The molecule has 4 nitrogen and oxygen atoms in total. The second-order valence-corrected chi connectivity index (χ2v) is 15.9. The van der Waals surface area contributed by atoms with E-state index in [0.717, 1.165) is 12.8 Å². The first-order valence-electron chi connectivity index (χ1n) is 7.51. The Balaban J connectivity index is 4.21. The third kappa shape index (κ3) is 12.8. The molecule has 0 aromatic heterocycles. The fourth-order valence-electron chi connectivity index (χ4n) is 1.73. The summed E-state index contributed by atoms with van der Waals surface area (Å²) in [6, 6.07) is 0. The van der Waals surface area contributed by atoms with E-state index in [1.54, 1.807) is 0 Å². The van der Waals surface area contributed by atoms with E-state index in [-0.39, 0.29) is 12.1 Å². The Hall–Kier alpha value is -0.176. The van der Waals surface area contributed by atoms with E-state index < -0.39 is 16.6 Å². The first-order valence-corrected chi connectivity index (χ1v) is 14.3. The molecule has 20 heavy (non-hydrogen) atoms. The van der Waals surface area contributed by atoms with Crippen molar-refractivity contribution in [1.29, 1.82) is 0 Å².